The molecule has 2 N–H and O–H groups in total. The van der Waals surface area contributed by atoms with E-state index in [1.165, 1.54) is 0 Å². The van der Waals surface area contributed by atoms with E-state index in [2.05, 4.69) is 5.32 Å². The molecule has 0 saturated heterocycles. The maximum absolute atomic E-state index is 12.6. The smallest absolute Gasteiger partial charge is 0.251 e. The van der Waals surface area contributed by atoms with Gasteiger partial charge in [-0.25, -0.2) is 0 Å². The standard InChI is InChI=1S/C20H23NO3/c1-13-10-14(2)18(15(3)11-13)19(22)21-12-20(23)8-9-24-17-7-5-4-6-16(17)20/h4-7,10-11,23H,8-9,12H2,1-3H3,(H,21,22). The molecule has 0 radical (unpaired) electrons. The first-order valence-electron chi connectivity index (χ1n) is 8.21. The molecule has 1 heterocycles. The van der Waals surface area contributed by atoms with Crippen LogP contribution in [0, 0.1) is 20.8 Å². The van der Waals surface area contributed by atoms with Crippen LogP contribution in [0.1, 0.15) is 39.0 Å². The van der Waals surface area contributed by atoms with Crippen molar-refractivity contribution in [2.45, 2.75) is 32.8 Å². The zero-order valence-corrected chi connectivity index (χ0v) is 14.3. The van der Waals surface area contributed by atoms with E-state index in [4.69, 9.17) is 4.74 Å². The van der Waals surface area contributed by atoms with Gasteiger partial charge in [0.05, 0.1) is 13.2 Å². The average molecular weight is 325 g/mol. The minimum Gasteiger partial charge on any atom is -0.493 e. The summed E-state index contributed by atoms with van der Waals surface area (Å²) in [5.41, 5.74) is 3.35. The van der Waals surface area contributed by atoms with Crippen molar-refractivity contribution in [3.63, 3.8) is 0 Å². The monoisotopic (exact) mass is 325 g/mol. The molecule has 0 saturated carbocycles. The highest BCUT2D eigenvalue weighted by Gasteiger charge is 2.36. The number of fused-ring (bicyclic) bond motifs is 1. The van der Waals surface area contributed by atoms with Gasteiger partial charge < -0.3 is 15.2 Å². The Balaban J connectivity index is 1.80. The van der Waals surface area contributed by atoms with E-state index >= 15 is 0 Å². The highest BCUT2D eigenvalue weighted by Crippen LogP contribution is 2.36. The summed E-state index contributed by atoms with van der Waals surface area (Å²) in [6, 6.07) is 11.4. The van der Waals surface area contributed by atoms with Crippen LogP contribution in [0.2, 0.25) is 0 Å². The minimum atomic E-state index is -1.10. The largest absolute Gasteiger partial charge is 0.493 e. The van der Waals surface area contributed by atoms with Gasteiger partial charge in [-0.1, -0.05) is 35.9 Å². The molecule has 0 fully saturated rings. The van der Waals surface area contributed by atoms with Crippen LogP contribution in [0.25, 0.3) is 0 Å². The molecule has 1 atom stereocenters. The fourth-order valence-electron chi connectivity index (χ4n) is 3.48. The summed E-state index contributed by atoms with van der Waals surface area (Å²) >= 11 is 0. The zero-order chi connectivity index (χ0) is 17.3. The third kappa shape index (κ3) is 3.02. The van der Waals surface area contributed by atoms with Gasteiger partial charge in [0.1, 0.15) is 11.4 Å². The van der Waals surface area contributed by atoms with Crippen LogP contribution in [0.3, 0.4) is 0 Å². The molecule has 0 spiro atoms. The van der Waals surface area contributed by atoms with Crippen LogP contribution in [-0.4, -0.2) is 24.2 Å². The first-order valence-corrected chi connectivity index (χ1v) is 8.21. The second kappa shape index (κ2) is 6.29. The SMILES string of the molecule is Cc1cc(C)c(C(=O)NCC2(O)CCOc3ccccc32)c(C)c1. The number of hydrogen-bond donors (Lipinski definition) is 2. The third-order valence-electron chi connectivity index (χ3n) is 4.61. The van der Waals surface area contributed by atoms with Crippen molar-refractivity contribution >= 4 is 5.91 Å². The molecule has 2 aromatic carbocycles. The summed E-state index contributed by atoms with van der Waals surface area (Å²) < 4.78 is 5.59. The molecule has 1 amide bonds. The number of nitrogens with one attached hydrogen (secondary N) is 1. The summed E-state index contributed by atoms with van der Waals surface area (Å²) in [5.74, 6) is 0.533. The summed E-state index contributed by atoms with van der Waals surface area (Å²) in [7, 11) is 0. The molecule has 2 aromatic rings. The number of ether oxygens (including phenoxy) is 1. The summed E-state index contributed by atoms with van der Waals surface area (Å²) in [6.07, 6.45) is 0.455. The first-order chi connectivity index (χ1) is 11.4. The molecule has 4 nitrogen and oxygen atoms in total. The van der Waals surface area contributed by atoms with Gasteiger partial charge in [0.15, 0.2) is 0 Å². The van der Waals surface area contributed by atoms with Gasteiger partial charge in [-0.05, 0) is 38.0 Å². The van der Waals surface area contributed by atoms with Gasteiger partial charge >= 0.3 is 0 Å². The molecular formula is C20H23NO3. The number of amides is 1. The van der Waals surface area contributed by atoms with Crippen LogP contribution >= 0.6 is 0 Å². The van der Waals surface area contributed by atoms with Crippen molar-refractivity contribution in [3.05, 3.63) is 64.2 Å². The molecule has 1 unspecified atom stereocenters. The Labute approximate surface area is 142 Å². The lowest BCUT2D eigenvalue weighted by molar-refractivity contribution is -0.00162. The number of rotatable bonds is 3. The normalized spacial score (nSPS) is 19.3. The number of aryl methyl sites for hydroxylation is 3. The minimum absolute atomic E-state index is 0.151. The Hall–Kier alpha value is -2.33. The van der Waals surface area contributed by atoms with Crippen molar-refractivity contribution in [3.8, 4) is 5.75 Å². The molecule has 1 aliphatic heterocycles. The van der Waals surface area contributed by atoms with E-state index in [-0.39, 0.29) is 12.5 Å². The van der Waals surface area contributed by atoms with Gasteiger partial charge in [-0.15, -0.1) is 0 Å². The molecule has 126 valence electrons. The van der Waals surface area contributed by atoms with E-state index in [1.807, 2.05) is 57.2 Å². The highest BCUT2D eigenvalue weighted by atomic mass is 16.5. The van der Waals surface area contributed by atoms with Crippen LogP contribution in [0.15, 0.2) is 36.4 Å². The Morgan fingerprint density at radius 2 is 1.88 bits per heavy atom. The Kier molecular flexibility index (Phi) is 4.33. The lowest BCUT2D eigenvalue weighted by atomic mass is 9.88. The van der Waals surface area contributed by atoms with Crippen molar-refractivity contribution in [2.24, 2.45) is 0 Å². The van der Waals surface area contributed by atoms with E-state index < -0.39 is 5.60 Å². The Morgan fingerprint density at radius 1 is 1.21 bits per heavy atom. The Morgan fingerprint density at radius 3 is 2.58 bits per heavy atom. The van der Waals surface area contributed by atoms with Crippen LogP contribution in [0.4, 0.5) is 0 Å². The summed E-state index contributed by atoms with van der Waals surface area (Å²) in [4.78, 5) is 12.6. The average Bonchev–Trinajstić information content (AvgIpc) is 2.53. The van der Waals surface area contributed by atoms with E-state index in [0.717, 1.165) is 22.3 Å². The fraction of sp³-hybridized carbons (Fsp3) is 0.350. The second-order valence-corrected chi connectivity index (χ2v) is 6.58. The maximum Gasteiger partial charge on any atom is 0.251 e. The van der Waals surface area contributed by atoms with E-state index in [0.29, 0.717) is 24.3 Å². The van der Waals surface area contributed by atoms with Crippen molar-refractivity contribution in [1.82, 2.24) is 5.32 Å². The molecule has 0 bridgehead atoms. The lowest BCUT2D eigenvalue weighted by Crippen LogP contribution is -2.44. The van der Waals surface area contributed by atoms with Gasteiger partial charge in [-0.2, -0.15) is 0 Å². The quantitative estimate of drug-likeness (QED) is 0.912. The summed E-state index contributed by atoms with van der Waals surface area (Å²) in [6.45, 7) is 6.50. The van der Waals surface area contributed by atoms with Gasteiger partial charge in [0.2, 0.25) is 0 Å². The predicted octanol–water partition coefficient (Wildman–Crippen LogP) is 3.01. The van der Waals surface area contributed by atoms with Crippen LogP contribution in [-0.2, 0) is 5.60 Å². The zero-order valence-electron chi connectivity index (χ0n) is 14.3. The summed E-state index contributed by atoms with van der Waals surface area (Å²) in [5, 5.41) is 13.9. The topological polar surface area (TPSA) is 58.6 Å². The third-order valence-corrected chi connectivity index (χ3v) is 4.61. The van der Waals surface area contributed by atoms with E-state index in [9.17, 15) is 9.90 Å². The number of para-hydroxylation sites is 1. The van der Waals surface area contributed by atoms with Crippen molar-refractivity contribution in [2.75, 3.05) is 13.2 Å². The van der Waals surface area contributed by atoms with Crippen LogP contribution in [0.5, 0.6) is 5.75 Å². The van der Waals surface area contributed by atoms with Crippen LogP contribution < -0.4 is 10.1 Å². The molecule has 4 heteroatoms. The van der Waals surface area contributed by atoms with E-state index in [1.54, 1.807) is 0 Å². The number of benzene rings is 2. The Bertz CT molecular complexity index is 761. The molecule has 1 aliphatic rings. The van der Waals surface area contributed by atoms with Gasteiger partial charge in [0.25, 0.3) is 5.91 Å². The lowest BCUT2D eigenvalue weighted by Gasteiger charge is -2.34. The fourth-order valence-corrected chi connectivity index (χ4v) is 3.48. The number of hydrogen-bond acceptors (Lipinski definition) is 3. The maximum atomic E-state index is 12.6. The molecular weight excluding hydrogens is 302 g/mol. The van der Waals surface area contributed by atoms with Gasteiger partial charge in [-0.3, -0.25) is 4.79 Å². The number of carbonyl (C=O) groups is 1. The molecule has 0 aliphatic carbocycles. The molecule has 3 rings (SSSR count). The molecule has 24 heavy (non-hydrogen) atoms. The number of carbonyl (C=O) groups excluding carboxylic acids is 1. The second-order valence-electron chi connectivity index (χ2n) is 6.58. The first kappa shape index (κ1) is 16.5. The number of aliphatic hydroxyl groups is 1. The molecule has 0 aromatic heterocycles. The van der Waals surface area contributed by atoms with Crippen molar-refractivity contribution in [1.29, 1.82) is 0 Å². The van der Waals surface area contributed by atoms with Gasteiger partial charge in [0, 0.05) is 17.5 Å². The highest BCUT2D eigenvalue weighted by molar-refractivity contribution is 5.97. The predicted molar refractivity (Wildman–Crippen MR) is 93.4 cm³/mol. The van der Waals surface area contributed by atoms with Crippen molar-refractivity contribution < 1.29 is 14.6 Å².